The first kappa shape index (κ1) is 49.0. The number of phenolic OH excluding ortho intramolecular Hbond substituents is 2. The Labute approximate surface area is 376 Å². The SMILES string of the molecule is O=C(O)C1=NN(c2ccc(S(=O)(=O)O)cc2)C(=O)C1/N=N/c1ccc(/N=N/c2c(S(=O)(=O)O)cc3cc(S(=O)(=O)O)c(/N=N/c4ccc([N+](=O)[O-])cc4OSO)c(O)c3c2O)c(S(=O)(=O)O)c1. The van der Waals surface area contributed by atoms with Crippen LogP contribution in [0.25, 0.3) is 10.8 Å². The molecule has 5 aromatic rings. The van der Waals surface area contributed by atoms with Gasteiger partial charge < -0.3 is 19.5 Å². The van der Waals surface area contributed by atoms with Crippen LogP contribution in [0.4, 0.5) is 39.8 Å². The van der Waals surface area contributed by atoms with E-state index in [0.717, 1.165) is 54.6 Å². The molecule has 5 aromatic carbocycles. The van der Waals surface area contributed by atoms with Crippen molar-refractivity contribution in [3.05, 3.63) is 82.9 Å². The minimum atomic E-state index is -5.54. The summed E-state index contributed by atoms with van der Waals surface area (Å²) >= 11 is -0.296. The third-order valence-corrected chi connectivity index (χ3v) is 12.4. The number of amides is 1. The van der Waals surface area contributed by atoms with Crippen molar-refractivity contribution in [3.63, 3.8) is 0 Å². The predicted octanol–water partition coefficient (Wildman–Crippen LogP) is 5.42. The predicted molar refractivity (Wildman–Crippen MR) is 223 cm³/mol. The molecule has 0 aliphatic carbocycles. The number of nitro groups is 1. The molecule has 0 aromatic heterocycles. The van der Waals surface area contributed by atoms with E-state index in [9.17, 15) is 86.9 Å². The van der Waals surface area contributed by atoms with Crippen LogP contribution in [0.5, 0.6) is 17.2 Å². The summed E-state index contributed by atoms with van der Waals surface area (Å²) in [6, 6.07) is 7.29. The van der Waals surface area contributed by atoms with Crippen molar-refractivity contribution >= 4 is 121 Å². The second kappa shape index (κ2) is 18.1. The molecule has 1 heterocycles. The topological polar surface area (TPSA) is 475 Å². The molecular weight excluding hydrogens is 1010 g/mol. The Morgan fingerprint density at radius 3 is 1.75 bits per heavy atom. The number of hydrogen-bond donors (Lipinski definition) is 8. The first-order valence-electron chi connectivity index (χ1n) is 17.0. The molecule has 1 aliphatic rings. The number of benzene rings is 5. The Bertz CT molecular complexity index is 3550. The zero-order valence-corrected chi connectivity index (χ0v) is 36.0. The molecule has 0 fully saturated rings. The van der Waals surface area contributed by atoms with E-state index in [1.54, 1.807) is 0 Å². The Morgan fingerprint density at radius 2 is 1.25 bits per heavy atom. The van der Waals surface area contributed by atoms with Gasteiger partial charge in [0.2, 0.25) is 18.4 Å². The number of carboxylic acids is 1. The number of aliphatic carboxylic acids is 1. The molecule has 1 aliphatic heterocycles. The quantitative estimate of drug-likeness (QED) is 0.0213. The van der Waals surface area contributed by atoms with E-state index in [1.165, 1.54) is 0 Å². The summed E-state index contributed by atoms with van der Waals surface area (Å²) in [5.41, 5.74) is -6.02. The maximum absolute atomic E-state index is 13.2. The Morgan fingerprint density at radius 1 is 0.716 bits per heavy atom. The van der Waals surface area contributed by atoms with Crippen molar-refractivity contribution < 1.29 is 90.4 Å². The van der Waals surface area contributed by atoms with Gasteiger partial charge in [-0.2, -0.15) is 54.0 Å². The minimum Gasteiger partial charge on any atom is -0.505 e. The van der Waals surface area contributed by atoms with Crippen LogP contribution < -0.4 is 9.19 Å². The lowest BCUT2D eigenvalue weighted by molar-refractivity contribution is -0.384. The minimum absolute atomic E-state index is 0.182. The number of fused-ring (bicyclic) bond motifs is 1. The second-order valence-corrected chi connectivity index (χ2v) is 18.7. The van der Waals surface area contributed by atoms with Crippen LogP contribution in [0.2, 0.25) is 0 Å². The van der Waals surface area contributed by atoms with Crippen LogP contribution in [0.3, 0.4) is 0 Å². The largest absolute Gasteiger partial charge is 0.505 e. The highest BCUT2D eigenvalue weighted by Crippen LogP contribution is 2.50. The molecule has 0 saturated carbocycles. The van der Waals surface area contributed by atoms with E-state index in [4.69, 9.17) is 8.74 Å². The van der Waals surface area contributed by atoms with Gasteiger partial charge >= 0.3 is 5.97 Å². The number of rotatable bonds is 15. The van der Waals surface area contributed by atoms with Gasteiger partial charge in [-0.15, -0.1) is 20.5 Å². The number of azo groups is 3. The van der Waals surface area contributed by atoms with Gasteiger partial charge in [-0.05, 0) is 66.0 Å². The summed E-state index contributed by atoms with van der Waals surface area (Å²) in [6.45, 7) is 0. The number of carboxylic acid groups (broad SMARTS) is 1. The van der Waals surface area contributed by atoms with Crippen LogP contribution in [-0.2, 0) is 50.1 Å². The van der Waals surface area contributed by atoms with Gasteiger partial charge in [0, 0.05) is 6.07 Å². The fourth-order valence-electron chi connectivity index (χ4n) is 5.69. The normalized spacial score (nSPS) is 15.0. The lowest BCUT2D eigenvalue weighted by Crippen LogP contribution is -2.33. The number of nitro benzene ring substituents is 1. The molecule has 1 unspecified atom stereocenters. The summed E-state index contributed by atoms with van der Waals surface area (Å²) in [5, 5.41) is 67.4. The average Bonchev–Trinajstić information content (AvgIpc) is 3.56. The van der Waals surface area contributed by atoms with Crippen molar-refractivity contribution in [1.82, 2.24) is 0 Å². The fourth-order valence-corrected chi connectivity index (χ4v) is 8.34. The zero-order chi connectivity index (χ0) is 49.6. The number of hydrogen-bond acceptors (Lipinski definition) is 24. The highest BCUT2D eigenvalue weighted by atomic mass is 32.2. The van der Waals surface area contributed by atoms with Crippen LogP contribution in [-0.4, -0.2) is 100 Å². The number of carbonyl (C=O) groups excluding carboxylic acids is 1. The van der Waals surface area contributed by atoms with Crippen LogP contribution in [0.15, 0.2) is 128 Å². The van der Waals surface area contributed by atoms with E-state index >= 15 is 0 Å². The summed E-state index contributed by atoms with van der Waals surface area (Å²) in [4.78, 5) is 31.0. The third-order valence-electron chi connectivity index (χ3n) is 8.62. The first-order chi connectivity index (χ1) is 31.1. The molecule has 0 spiro atoms. The zero-order valence-electron chi connectivity index (χ0n) is 32.0. The summed E-state index contributed by atoms with van der Waals surface area (Å²) < 4.78 is 151. The van der Waals surface area contributed by atoms with E-state index in [2.05, 4.69) is 35.8 Å². The Hall–Kier alpha value is -7.48. The summed E-state index contributed by atoms with van der Waals surface area (Å²) in [7, 11) is -21.0. The molecule has 67 heavy (non-hydrogen) atoms. The van der Waals surface area contributed by atoms with E-state index in [1.807, 2.05) is 0 Å². The van der Waals surface area contributed by atoms with Crippen molar-refractivity contribution in [1.29, 1.82) is 0 Å². The molecule has 6 rings (SSSR count). The van der Waals surface area contributed by atoms with Crippen LogP contribution in [0.1, 0.15) is 0 Å². The lowest BCUT2D eigenvalue weighted by atomic mass is 10.1. The van der Waals surface area contributed by atoms with Gasteiger partial charge in [-0.1, -0.05) is 0 Å². The van der Waals surface area contributed by atoms with Crippen molar-refractivity contribution in [2.45, 2.75) is 25.6 Å². The van der Waals surface area contributed by atoms with Crippen molar-refractivity contribution in [3.8, 4) is 17.2 Å². The van der Waals surface area contributed by atoms with E-state index in [-0.39, 0.29) is 18.0 Å². The lowest BCUT2D eigenvalue weighted by Gasteiger charge is -2.13. The molecule has 0 radical (unpaired) electrons. The molecule has 35 heteroatoms. The highest BCUT2D eigenvalue weighted by molar-refractivity contribution is 7.89. The second-order valence-electron chi connectivity index (χ2n) is 12.8. The molecule has 30 nitrogen and oxygen atoms in total. The van der Waals surface area contributed by atoms with Crippen LogP contribution >= 0.6 is 12.3 Å². The van der Waals surface area contributed by atoms with Gasteiger partial charge in [0.1, 0.15) is 37.4 Å². The number of carbonyl (C=O) groups is 2. The number of non-ortho nitro benzene ring substituents is 1. The van der Waals surface area contributed by atoms with Crippen molar-refractivity contribution in [2.75, 3.05) is 5.01 Å². The highest BCUT2D eigenvalue weighted by Gasteiger charge is 2.41. The number of aromatic hydroxyl groups is 2. The molecule has 1 atom stereocenters. The van der Waals surface area contributed by atoms with E-state index < -0.39 is 151 Å². The van der Waals surface area contributed by atoms with Gasteiger partial charge in [0.25, 0.3) is 52.1 Å². The standard InChI is InChI=1S/C32H21N9O21S5/c42-29-24-13(9-22(66(56,57)58)25(29)36-34-18-8-4-16(41(47)48)12-20(18)62-63-49)10-23(67(59,60)61)26(30(24)43)37-35-19-7-1-14(11-21(19)65(53,54)55)33-38-27-28(32(45)46)39-40(31(27)44)15-2-5-17(6-3-15)64(50,51)52/h1-12,27,42-43,49H,(H,45,46)(H,50,51,52)(H,53,54,55)(H,56,57,58)(H,59,60,61)/b36-34+,37-35+,38-33+. The van der Waals surface area contributed by atoms with Crippen molar-refractivity contribution in [2.24, 2.45) is 35.8 Å². The number of nitrogens with zero attached hydrogens (tertiary/aromatic N) is 9. The summed E-state index contributed by atoms with van der Waals surface area (Å²) in [5.74, 6) is -6.31. The smallest absolute Gasteiger partial charge is 0.355 e. The van der Waals surface area contributed by atoms with Gasteiger partial charge in [0.15, 0.2) is 23.0 Å². The number of phenols is 2. The third kappa shape index (κ3) is 10.3. The molecular formula is C32H21N9O21S5. The van der Waals surface area contributed by atoms with Gasteiger partial charge in [0.05, 0.1) is 32.6 Å². The summed E-state index contributed by atoms with van der Waals surface area (Å²) in [6.07, 6.45) is 0. The van der Waals surface area contributed by atoms with E-state index in [0.29, 0.717) is 23.2 Å². The number of anilines is 1. The molecule has 350 valence electrons. The maximum atomic E-state index is 13.2. The fraction of sp³-hybridized carbons (Fsp3) is 0.0312. The molecule has 0 bridgehead atoms. The molecule has 0 saturated heterocycles. The number of hydrazone groups is 1. The average molecular weight is 1030 g/mol. The van der Waals surface area contributed by atoms with Crippen LogP contribution in [0, 0.1) is 10.1 Å². The monoisotopic (exact) mass is 1030 g/mol. The van der Waals surface area contributed by atoms with Gasteiger partial charge in [-0.25, -0.2) is 4.79 Å². The Balaban J connectivity index is 1.42. The Kier molecular flexibility index (Phi) is 13.2. The first-order valence-corrected chi connectivity index (χ1v) is 23.4. The van der Waals surface area contributed by atoms with Gasteiger partial charge in [-0.3, -0.25) is 37.7 Å². The maximum Gasteiger partial charge on any atom is 0.355 e. The molecule has 8 N–H and O–H groups in total. The molecule has 1 amide bonds.